The van der Waals surface area contributed by atoms with Gasteiger partial charge >= 0.3 is 0 Å². The lowest BCUT2D eigenvalue weighted by Gasteiger charge is -2.06. The first kappa shape index (κ1) is 20.8. The van der Waals surface area contributed by atoms with Gasteiger partial charge in [0.05, 0.1) is 11.4 Å². The van der Waals surface area contributed by atoms with Gasteiger partial charge in [-0.3, -0.25) is 9.48 Å². The van der Waals surface area contributed by atoms with Gasteiger partial charge in [-0.15, -0.1) is 11.3 Å². The van der Waals surface area contributed by atoms with E-state index >= 15 is 0 Å². The Hall–Kier alpha value is -4.10. The van der Waals surface area contributed by atoms with Crippen LogP contribution in [0, 0.1) is 5.82 Å². The number of nitrogens with one attached hydrogen (secondary N) is 1. The van der Waals surface area contributed by atoms with Crippen molar-refractivity contribution in [1.29, 1.82) is 0 Å². The van der Waals surface area contributed by atoms with Crippen molar-refractivity contribution in [3.8, 4) is 33.1 Å². The molecule has 0 saturated heterocycles. The van der Waals surface area contributed by atoms with Gasteiger partial charge in [0.15, 0.2) is 0 Å². The largest absolute Gasteiger partial charge is 0.321 e. The lowest BCUT2D eigenvalue weighted by Crippen LogP contribution is -2.15. The van der Waals surface area contributed by atoms with E-state index in [2.05, 4.69) is 10.4 Å². The summed E-state index contributed by atoms with van der Waals surface area (Å²) >= 11 is 1.60. The monoisotopic (exact) mass is 454 g/mol. The lowest BCUT2D eigenvalue weighted by molar-refractivity contribution is 0.101. The molecule has 0 spiro atoms. The van der Waals surface area contributed by atoms with Gasteiger partial charge in [0.25, 0.3) is 5.91 Å². The fourth-order valence-corrected chi connectivity index (χ4v) is 4.32. The maximum atomic E-state index is 13.2. The van der Waals surface area contributed by atoms with E-state index in [9.17, 15) is 9.18 Å². The zero-order valence-corrected chi connectivity index (χ0v) is 18.5. The molecule has 0 bridgehead atoms. The van der Waals surface area contributed by atoms with Gasteiger partial charge in [-0.05, 0) is 42.5 Å². The molecule has 2 aromatic heterocycles. The fraction of sp³-hybridized carbons (Fsp3) is 0.0385. The van der Waals surface area contributed by atoms with E-state index in [1.54, 1.807) is 36.6 Å². The molecule has 5 rings (SSSR count). The van der Waals surface area contributed by atoms with Crippen LogP contribution >= 0.6 is 11.3 Å². The van der Waals surface area contributed by atoms with E-state index in [0.29, 0.717) is 17.1 Å². The van der Waals surface area contributed by atoms with Crippen LogP contribution in [0.5, 0.6) is 0 Å². The van der Waals surface area contributed by atoms with Gasteiger partial charge in [0, 0.05) is 34.8 Å². The standard InChI is InChI=1S/C26H19FN4OS/c1-31-24(15-22(30-31)17-7-11-20(27)12-8-17)25(32)28-21-13-9-18(10-14-21)23-16-33-26(29-23)19-5-3-2-4-6-19/h2-16H,1H3,(H,28,32). The summed E-state index contributed by atoms with van der Waals surface area (Å²) in [5.74, 6) is -0.587. The van der Waals surface area contributed by atoms with Gasteiger partial charge < -0.3 is 5.32 Å². The number of rotatable bonds is 5. The quantitative estimate of drug-likeness (QED) is 0.341. The van der Waals surface area contributed by atoms with E-state index in [0.717, 1.165) is 27.4 Å². The summed E-state index contributed by atoms with van der Waals surface area (Å²) in [6.45, 7) is 0. The number of anilines is 1. The zero-order valence-electron chi connectivity index (χ0n) is 17.7. The third kappa shape index (κ3) is 4.44. The average molecular weight is 455 g/mol. The van der Waals surface area contributed by atoms with Crippen LogP contribution in [0.2, 0.25) is 0 Å². The number of carbonyl (C=O) groups excluding carboxylic acids is 1. The molecule has 1 N–H and O–H groups in total. The number of aryl methyl sites for hydroxylation is 1. The first-order valence-corrected chi connectivity index (χ1v) is 11.2. The number of amides is 1. The predicted octanol–water partition coefficient (Wildman–Crippen LogP) is 6.27. The van der Waals surface area contributed by atoms with Crippen LogP contribution in [0.15, 0.2) is 90.3 Å². The highest BCUT2D eigenvalue weighted by Gasteiger charge is 2.15. The number of benzene rings is 3. The molecule has 0 aliphatic rings. The van der Waals surface area contributed by atoms with Gasteiger partial charge in [-0.25, -0.2) is 9.37 Å². The third-order valence-electron chi connectivity index (χ3n) is 5.22. The number of carbonyl (C=O) groups is 1. The number of hydrogen-bond acceptors (Lipinski definition) is 4. The molecule has 0 aliphatic carbocycles. The number of nitrogens with zero attached hydrogens (tertiary/aromatic N) is 3. The molecule has 5 nitrogen and oxygen atoms in total. The fourth-order valence-electron chi connectivity index (χ4n) is 3.48. The number of aromatic nitrogens is 3. The molecule has 33 heavy (non-hydrogen) atoms. The van der Waals surface area contributed by atoms with Crippen molar-refractivity contribution in [2.24, 2.45) is 7.05 Å². The Kier molecular flexibility index (Phi) is 5.54. The van der Waals surface area contributed by atoms with Crippen molar-refractivity contribution in [2.75, 3.05) is 5.32 Å². The second-order valence-corrected chi connectivity index (χ2v) is 8.34. The number of hydrogen-bond donors (Lipinski definition) is 1. The molecular formula is C26H19FN4OS. The lowest BCUT2D eigenvalue weighted by atomic mass is 10.1. The molecule has 0 saturated carbocycles. The Morgan fingerprint density at radius 3 is 2.27 bits per heavy atom. The number of thiazole rings is 1. The van der Waals surface area contributed by atoms with Gasteiger partial charge in [-0.2, -0.15) is 5.10 Å². The van der Waals surface area contributed by atoms with Gasteiger partial charge in [0.1, 0.15) is 16.5 Å². The molecule has 0 fully saturated rings. The Balaban J connectivity index is 1.30. The summed E-state index contributed by atoms with van der Waals surface area (Å²) in [7, 11) is 1.71. The van der Waals surface area contributed by atoms with Crippen LogP contribution < -0.4 is 5.32 Å². The van der Waals surface area contributed by atoms with E-state index in [4.69, 9.17) is 4.98 Å². The molecule has 0 atom stereocenters. The normalized spacial score (nSPS) is 10.8. The second-order valence-electron chi connectivity index (χ2n) is 7.48. The van der Waals surface area contributed by atoms with Crippen LogP contribution in [0.4, 0.5) is 10.1 Å². The minimum atomic E-state index is -0.315. The molecule has 5 aromatic rings. The highest BCUT2D eigenvalue weighted by Crippen LogP contribution is 2.29. The van der Waals surface area contributed by atoms with E-state index in [1.807, 2.05) is 60.0 Å². The Bertz CT molecular complexity index is 1410. The molecule has 1 amide bonds. The summed E-state index contributed by atoms with van der Waals surface area (Å²) in [5.41, 5.74) is 5.40. The van der Waals surface area contributed by atoms with E-state index in [1.165, 1.54) is 16.8 Å². The van der Waals surface area contributed by atoms with Crippen molar-refractivity contribution in [1.82, 2.24) is 14.8 Å². The molecule has 7 heteroatoms. The summed E-state index contributed by atoms with van der Waals surface area (Å²) < 4.78 is 14.7. The van der Waals surface area contributed by atoms with Crippen LogP contribution in [0.25, 0.3) is 33.1 Å². The van der Waals surface area contributed by atoms with Crippen molar-refractivity contribution >= 4 is 22.9 Å². The van der Waals surface area contributed by atoms with Crippen LogP contribution in [-0.4, -0.2) is 20.7 Å². The van der Waals surface area contributed by atoms with Crippen molar-refractivity contribution in [3.63, 3.8) is 0 Å². The summed E-state index contributed by atoms with van der Waals surface area (Å²) in [4.78, 5) is 17.5. The van der Waals surface area contributed by atoms with Crippen molar-refractivity contribution < 1.29 is 9.18 Å². The molecule has 0 unspecified atom stereocenters. The minimum Gasteiger partial charge on any atom is -0.321 e. The molecule has 162 valence electrons. The topological polar surface area (TPSA) is 59.8 Å². The average Bonchev–Trinajstić information content (AvgIpc) is 3.48. The maximum absolute atomic E-state index is 13.2. The highest BCUT2D eigenvalue weighted by atomic mass is 32.1. The van der Waals surface area contributed by atoms with Crippen molar-refractivity contribution in [2.45, 2.75) is 0 Å². The van der Waals surface area contributed by atoms with Crippen molar-refractivity contribution in [3.05, 3.63) is 102 Å². The first-order valence-electron chi connectivity index (χ1n) is 10.3. The summed E-state index contributed by atoms with van der Waals surface area (Å²) in [6.07, 6.45) is 0. The van der Waals surface area contributed by atoms with Gasteiger partial charge in [-0.1, -0.05) is 42.5 Å². The summed E-state index contributed by atoms with van der Waals surface area (Å²) in [6, 6.07) is 25.4. The SMILES string of the molecule is Cn1nc(-c2ccc(F)cc2)cc1C(=O)Nc1ccc(-c2csc(-c3ccccc3)n2)cc1. The van der Waals surface area contributed by atoms with Crippen LogP contribution in [0.1, 0.15) is 10.5 Å². The highest BCUT2D eigenvalue weighted by molar-refractivity contribution is 7.13. The molecule has 0 radical (unpaired) electrons. The maximum Gasteiger partial charge on any atom is 0.273 e. The zero-order chi connectivity index (χ0) is 22.8. The number of halogens is 1. The Morgan fingerprint density at radius 2 is 1.55 bits per heavy atom. The van der Waals surface area contributed by atoms with Crippen LogP contribution in [0.3, 0.4) is 0 Å². The first-order chi connectivity index (χ1) is 16.1. The van der Waals surface area contributed by atoms with Gasteiger partial charge in [0.2, 0.25) is 0 Å². The minimum absolute atomic E-state index is 0.272. The molecule has 3 aromatic carbocycles. The Labute approximate surface area is 194 Å². The molecule has 0 aliphatic heterocycles. The van der Waals surface area contributed by atoms with E-state index < -0.39 is 0 Å². The predicted molar refractivity (Wildman–Crippen MR) is 130 cm³/mol. The third-order valence-corrected chi connectivity index (χ3v) is 6.11. The van der Waals surface area contributed by atoms with Crippen LogP contribution in [-0.2, 0) is 7.05 Å². The molecular weight excluding hydrogens is 435 g/mol. The molecule has 2 heterocycles. The smallest absolute Gasteiger partial charge is 0.273 e. The van der Waals surface area contributed by atoms with E-state index in [-0.39, 0.29) is 11.7 Å². The Morgan fingerprint density at radius 1 is 0.879 bits per heavy atom. The second kappa shape index (κ2) is 8.80. The summed E-state index contributed by atoms with van der Waals surface area (Å²) in [5, 5.41) is 10.3.